The molecule has 0 radical (unpaired) electrons. The Morgan fingerprint density at radius 1 is 1.14 bits per heavy atom. The summed E-state index contributed by atoms with van der Waals surface area (Å²) in [4.78, 5) is 8.13. The van der Waals surface area contributed by atoms with Crippen LogP contribution in [0.4, 0.5) is 0 Å². The van der Waals surface area contributed by atoms with E-state index in [2.05, 4.69) is 20.3 Å². The topological polar surface area (TPSA) is 65.7 Å². The van der Waals surface area contributed by atoms with Crippen LogP contribution in [-0.4, -0.2) is 25.0 Å². The first-order valence-electron chi connectivity index (χ1n) is 6.29. The molecule has 0 spiro atoms. The van der Waals surface area contributed by atoms with Crippen LogP contribution in [0.1, 0.15) is 11.5 Å². The van der Waals surface area contributed by atoms with Crippen LogP contribution < -0.4 is 4.74 Å². The molecule has 0 aliphatic carbocycles. The van der Waals surface area contributed by atoms with Crippen LogP contribution in [0.25, 0.3) is 5.69 Å². The predicted molar refractivity (Wildman–Crippen MR) is 77.5 cm³/mol. The molecule has 0 bridgehead atoms. The van der Waals surface area contributed by atoms with Crippen LogP contribution >= 0.6 is 11.6 Å². The Morgan fingerprint density at radius 2 is 1.86 bits per heavy atom. The first kappa shape index (κ1) is 13.5. The molecule has 0 amide bonds. The van der Waals surface area contributed by atoms with Crippen LogP contribution in [0.2, 0.25) is 5.02 Å². The molecule has 7 heteroatoms. The summed E-state index contributed by atoms with van der Waals surface area (Å²) >= 11 is 5.86. The van der Waals surface area contributed by atoms with Gasteiger partial charge in [-0.15, -0.1) is 5.10 Å². The first-order chi connectivity index (χ1) is 10.2. The highest BCUT2D eigenvalue weighted by Gasteiger charge is 2.04. The predicted octanol–water partition coefficient (Wildman–Crippen LogP) is 2.60. The highest BCUT2D eigenvalue weighted by atomic mass is 35.5. The van der Waals surface area contributed by atoms with Crippen molar-refractivity contribution in [3.8, 4) is 11.4 Å². The molecule has 0 atom stereocenters. The van der Waals surface area contributed by atoms with E-state index in [4.69, 9.17) is 16.3 Å². The molecule has 2 heterocycles. The van der Waals surface area contributed by atoms with Gasteiger partial charge in [0.1, 0.15) is 18.1 Å². The summed E-state index contributed by atoms with van der Waals surface area (Å²) in [5, 5.41) is 8.80. The van der Waals surface area contributed by atoms with Crippen LogP contribution in [-0.2, 0) is 6.61 Å². The van der Waals surface area contributed by atoms with Gasteiger partial charge in [-0.2, -0.15) is 0 Å². The highest BCUT2D eigenvalue weighted by Crippen LogP contribution is 2.13. The molecule has 0 fully saturated rings. The van der Waals surface area contributed by atoms with E-state index in [1.165, 1.54) is 0 Å². The SMILES string of the molecule is Cc1ncc(OCc2cn(-c3ccc(Cl)cc3)nn2)cn1. The zero-order chi connectivity index (χ0) is 14.7. The van der Waals surface area contributed by atoms with E-state index in [1.54, 1.807) is 35.4 Å². The Kier molecular flexibility index (Phi) is 3.79. The smallest absolute Gasteiger partial charge is 0.156 e. The van der Waals surface area contributed by atoms with E-state index >= 15 is 0 Å². The average molecular weight is 302 g/mol. The quantitative estimate of drug-likeness (QED) is 0.741. The monoisotopic (exact) mass is 301 g/mol. The molecular weight excluding hydrogens is 290 g/mol. The molecule has 1 aromatic carbocycles. The van der Waals surface area contributed by atoms with Crippen LogP contribution in [0.15, 0.2) is 42.9 Å². The van der Waals surface area contributed by atoms with Gasteiger partial charge in [-0.3, -0.25) is 0 Å². The van der Waals surface area contributed by atoms with Gasteiger partial charge >= 0.3 is 0 Å². The minimum atomic E-state index is 0.306. The minimum Gasteiger partial charge on any atom is -0.484 e. The van der Waals surface area contributed by atoms with Gasteiger partial charge < -0.3 is 4.74 Å². The normalized spacial score (nSPS) is 10.6. The summed E-state index contributed by atoms with van der Waals surface area (Å²) in [5.74, 6) is 1.30. The van der Waals surface area contributed by atoms with E-state index < -0.39 is 0 Å². The summed E-state index contributed by atoms with van der Waals surface area (Å²) in [6.07, 6.45) is 5.07. The standard InChI is InChI=1S/C14H12ClN5O/c1-10-16-6-14(7-17-10)21-9-12-8-20(19-18-12)13-4-2-11(15)3-5-13/h2-8H,9H2,1H3. The molecule has 3 rings (SSSR count). The fourth-order valence-electron chi connectivity index (χ4n) is 1.70. The van der Waals surface area contributed by atoms with Crippen molar-refractivity contribution in [2.45, 2.75) is 13.5 Å². The number of halogens is 1. The molecule has 2 aromatic heterocycles. The van der Waals surface area contributed by atoms with Crippen molar-refractivity contribution in [3.63, 3.8) is 0 Å². The number of aromatic nitrogens is 5. The van der Waals surface area contributed by atoms with Gasteiger partial charge in [-0.1, -0.05) is 16.8 Å². The van der Waals surface area contributed by atoms with E-state index in [0.717, 1.165) is 5.69 Å². The zero-order valence-electron chi connectivity index (χ0n) is 11.3. The number of benzene rings is 1. The maximum Gasteiger partial charge on any atom is 0.156 e. The maximum atomic E-state index is 5.86. The average Bonchev–Trinajstić information content (AvgIpc) is 2.96. The second kappa shape index (κ2) is 5.88. The number of rotatable bonds is 4. The molecule has 0 saturated carbocycles. The Hall–Kier alpha value is -2.47. The van der Waals surface area contributed by atoms with Crippen molar-refractivity contribution in [2.75, 3.05) is 0 Å². The van der Waals surface area contributed by atoms with Gasteiger partial charge in [0.2, 0.25) is 0 Å². The van der Waals surface area contributed by atoms with E-state index in [-0.39, 0.29) is 0 Å². The largest absolute Gasteiger partial charge is 0.484 e. The molecule has 6 nitrogen and oxygen atoms in total. The number of nitrogens with zero attached hydrogens (tertiary/aromatic N) is 5. The van der Waals surface area contributed by atoms with Crippen molar-refractivity contribution in [1.29, 1.82) is 0 Å². The molecule has 0 unspecified atom stereocenters. The second-order valence-electron chi connectivity index (χ2n) is 4.39. The van der Waals surface area contributed by atoms with Gasteiger partial charge in [0.05, 0.1) is 24.3 Å². The van der Waals surface area contributed by atoms with Crippen molar-refractivity contribution in [1.82, 2.24) is 25.0 Å². The van der Waals surface area contributed by atoms with Crippen molar-refractivity contribution >= 4 is 11.6 Å². The summed E-state index contributed by atoms with van der Waals surface area (Å²) in [6, 6.07) is 7.35. The fourth-order valence-corrected chi connectivity index (χ4v) is 1.82. The summed E-state index contributed by atoms with van der Waals surface area (Å²) < 4.78 is 7.22. The molecule has 0 aliphatic rings. The van der Waals surface area contributed by atoms with E-state index in [1.807, 2.05) is 19.1 Å². The Balaban J connectivity index is 1.67. The number of ether oxygens (including phenoxy) is 1. The molecular formula is C14H12ClN5O. The molecule has 0 saturated heterocycles. The van der Waals surface area contributed by atoms with Gasteiger partial charge in [-0.05, 0) is 31.2 Å². The fraction of sp³-hybridized carbons (Fsp3) is 0.143. The summed E-state index contributed by atoms with van der Waals surface area (Å²) in [5.41, 5.74) is 1.60. The highest BCUT2D eigenvalue weighted by molar-refractivity contribution is 6.30. The van der Waals surface area contributed by atoms with Crippen LogP contribution in [0, 0.1) is 6.92 Å². The minimum absolute atomic E-state index is 0.306. The lowest BCUT2D eigenvalue weighted by Crippen LogP contribution is -1.97. The number of aryl methyl sites for hydroxylation is 1. The molecule has 0 N–H and O–H groups in total. The van der Waals surface area contributed by atoms with E-state index in [9.17, 15) is 0 Å². The number of hydrogen-bond acceptors (Lipinski definition) is 5. The van der Waals surface area contributed by atoms with Gasteiger partial charge in [0, 0.05) is 5.02 Å². The van der Waals surface area contributed by atoms with Crippen molar-refractivity contribution < 1.29 is 4.74 Å². The second-order valence-corrected chi connectivity index (χ2v) is 4.82. The molecule has 0 aliphatic heterocycles. The third kappa shape index (κ3) is 3.35. The summed E-state index contributed by atoms with van der Waals surface area (Å²) in [6.45, 7) is 2.13. The first-order valence-corrected chi connectivity index (χ1v) is 6.67. The van der Waals surface area contributed by atoms with Gasteiger partial charge in [-0.25, -0.2) is 14.6 Å². The summed E-state index contributed by atoms with van der Waals surface area (Å²) in [7, 11) is 0. The Morgan fingerprint density at radius 3 is 2.57 bits per heavy atom. The van der Waals surface area contributed by atoms with Gasteiger partial charge in [0.15, 0.2) is 5.75 Å². The third-order valence-corrected chi connectivity index (χ3v) is 3.03. The van der Waals surface area contributed by atoms with Crippen molar-refractivity contribution in [3.05, 3.63) is 59.4 Å². The van der Waals surface area contributed by atoms with Gasteiger partial charge in [0.25, 0.3) is 0 Å². The molecule has 106 valence electrons. The third-order valence-electron chi connectivity index (χ3n) is 2.78. The van der Waals surface area contributed by atoms with Crippen molar-refractivity contribution in [2.24, 2.45) is 0 Å². The lowest BCUT2D eigenvalue weighted by atomic mass is 10.3. The number of hydrogen-bond donors (Lipinski definition) is 0. The zero-order valence-corrected chi connectivity index (χ0v) is 12.0. The lowest BCUT2D eigenvalue weighted by Gasteiger charge is -2.02. The van der Waals surface area contributed by atoms with Crippen LogP contribution in [0.5, 0.6) is 5.75 Å². The maximum absolute atomic E-state index is 5.86. The Bertz CT molecular complexity index is 724. The van der Waals surface area contributed by atoms with E-state index in [0.29, 0.717) is 28.9 Å². The molecule has 21 heavy (non-hydrogen) atoms. The lowest BCUT2D eigenvalue weighted by molar-refractivity contribution is 0.298. The van der Waals surface area contributed by atoms with Crippen LogP contribution in [0.3, 0.4) is 0 Å². The Labute approximate surface area is 126 Å². The molecule has 3 aromatic rings.